The van der Waals surface area contributed by atoms with Crippen molar-refractivity contribution in [2.45, 2.75) is 155 Å². The first-order valence-corrected chi connectivity index (χ1v) is 9.14. The highest BCUT2D eigenvalue weighted by atomic mass is 15.1. The minimum absolute atomic E-state index is 0. The SMILES string of the molecule is C.C.C.C.C.C.C.C.C.C.CC.CCCCN(CC)CC.CCCCN(CC)CC. The van der Waals surface area contributed by atoms with Gasteiger partial charge in [-0.15, -0.1) is 0 Å². The molecule has 0 bridgehead atoms. The van der Waals surface area contributed by atoms with Gasteiger partial charge in [-0.3, -0.25) is 0 Å². The maximum absolute atomic E-state index is 2.46. The zero-order valence-corrected chi connectivity index (χ0v) is 16.0. The summed E-state index contributed by atoms with van der Waals surface area (Å²) in [6.07, 6.45) is 5.33. The van der Waals surface area contributed by atoms with E-state index in [0.29, 0.717) is 0 Å². The molecule has 0 unspecified atom stereocenters. The van der Waals surface area contributed by atoms with Gasteiger partial charge in [0.2, 0.25) is 0 Å². The number of unbranched alkanes of at least 4 members (excludes halogenated alkanes) is 2. The molecule has 0 aliphatic carbocycles. The van der Waals surface area contributed by atoms with E-state index < -0.39 is 0 Å². The lowest BCUT2D eigenvalue weighted by Gasteiger charge is -2.16. The van der Waals surface area contributed by atoms with Gasteiger partial charge in [0, 0.05) is 0 Å². The molecule has 0 amide bonds. The molecule has 0 atom stereocenters. The zero-order chi connectivity index (χ0) is 16.2. The summed E-state index contributed by atoms with van der Waals surface area (Å²) < 4.78 is 0. The van der Waals surface area contributed by atoms with Crippen molar-refractivity contribution < 1.29 is 0 Å². The Bertz CT molecular complexity index is 115. The molecule has 0 aromatic carbocycles. The first-order valence-electron chi connectivity index (χ1n) is 9.14. The fourth-order valence-electron chi connectivity index (χ4n) is 1.84. The second-order valence-corrected chi connectivity index (χ2v) is 4.76. The summed E-state index contributed by atoms with van der Waals surface area (Å²) in [7, 11) is 0. The number of nitrogens with zero attached hydrogens (tertiary/aromatic N) is 2. The van der Waals surface area contributed by atoms with Crippen molar-refractivity contribution in [3.05, 3.63) is 0 Å². The van der Waals surface area contributed by atoms with Crippen LogP contribution in [0.1, 0.15) is 155 Å². The summed E-state index contributed by atoms with van der Waals surface area (Å²) in [5.74, 6) is 0. The Morgan fingerprint density at radius 3 is 0.633 bits per heavy atom. The van der Waals surface area contributed by atoms with Crippen LogP contribution in [0.5, 0.6) is 0 Å². The van der Waals surface area contributed by atoms with Gasteiger partial charge >= 0.3 is 0 Å². The minimum atomic E-state index is 0. The van der Waals surface area contributed by atoms with Crippen LogP contribution in [0.25, 0.3) is 0 Å². The maximum Gasteiger partial charge on any atom is -0.00191 e. The van der Waals surface area contributed by atoms with Crippen molar-refractivity contribution in [3.8, 4) is 0 Å². The molecule has 0 radical (unpaired) electrons. The minimum Gasteiger partial charge on any atom is -0.304 e. The van der Waals surface area contributed by atoms with Crippen molar-refractivity contribution in [2.75, 3.05) is 39.3 Å². The van der Waals surface area contributed by atoms with Gasteiger partial charge in [0.15, 0.2) is 0 Å². The predicted molar refractivity (Wildman–Crippen MR) is 164 cm³/mol. The lowest BCUT2D eigenvalue weighted by atomic mass is 10.3. The number of hydrogen-bond donors (Lipinski definition) is 0. The topological polar surface area (TPSA) is 6.48 Å². The van der Waals surface area contributed by atoms with Gasteiger partial charge in [-0.05, 0) is 52.1 Å². The Morgan fingerprint density at radius 2 is 0.533 bits per heavy atom. The summed E-state index contributed by atoms with van der Waals surface area (Å²) in [5.41, 5.74) is 0. The summed E-state index contributed by atoms with van der Waals surface area (Å²) >= 11 is 0. The normalized spacial score (nSPS) is 6.60. The van der Waals surface area contributed by atoms with Gasteiger partial charge in [-0.2, -0.15) is 0 Å². The molecule has 2 nitrogen and oxygen atoms in total. The van der Waals surface area contributed by atoms with E-state index in [9.17, 15) is 0 Å². The van der Waals surface area contributed by atoms with Crippen molar-refractivity contribution in [1.82, 2.24) is 9.80 Å². The third-order valence-corrected chi connectivity index (χ3v) is 3.44. The second-order valence-electron chi connectivity index (χ2n) is 4.76. The van der Waals surface area contributed by atoms with E-state index in [1.807, 2.05) is 13.8 Å². The summed E-state index contributed by atoms with van der Waals surface area (Å²) in [6.45, 7) is 24.7. The summed E-state index contributed by atoms with van der Waals surface area (Å²) in [5, 5.41) is 0. The second kappa shape index (κ2) is 88.9. The zero-order valence-electron chi connectivity index (χ0n) is 16.0. The van der Waals surface area contributed by atoms with Gasteiger partial charge in [0.1, 0.15) is 0 Å². The van der Waals surface area contributed by atoms with Crippen LogP contribution in [0.3, 0.4) is 0 Å². The van der Waals surface area contributed by atoms with Crippen LogP contribution in [0, 0.1) is 0 Å². The molecule has 0 heterocycles. The molecule has 0 aliphatic heterocycles. The van der Waals surface area contributed by atoms with Crippen LogP contribution in [0.4, 0.5) is 0 Å². The Balaban J connectivity index is -0.0000000123. The fraction of sp³-hybridized carbons (Fsp3) is 1.00. The summed E-state index contributed by atoms with van der Waals surface area (Å²) in [6, 6.07) is 0. The third-order valence-electron chi connectivity index (χ3n) is 3.44. The van der Waals surface area contributed by atoms with Gasteiger partial charge in [-0.25, -0.2) is 0 Å². The van der Waals surface area contributed by atoms with E-state index in [2.05, 4.69) is 51.3 Å². The van der Waals surface area contributed by atoms with E-state index in [1.54, 1.807) is 0 Å². The van der Waals surface area contributed by atoms with Gasteiger partial charge < -0.3 is 9.80 Å². The van der Waals surface area contributed by atoms with Crippen LogP contribution in [0.2, 0.25) is 0 Å². The van der Waals surface area contributed by atoms with Crippen LogP contribution in [-0.4, -0.2) is 49.1 Å². The fourth-order valence-corrected chi connectivity index (χ4v) is 1.84. The van der Waals surface area contributed by atoms with Gasteiger partial charge in [0.05, 0.1) is 0 Å². The van der Waals surface area contributed by atoms with Gasteiger partial charge in [-0.1, -0.05) is 142 Å². The van der Waals surface area contributed by atoms with E-state index in [-0.39, 0.29) is 74.3 Å². The smallest absolute Gasteiger partial charge is 0.00191 e. The highest BCUT2D eigenvalue weighted by molar-refractivity contribution is 4.50. The molecular formula is C28H84N2. The Kier molecular flexibility index (Phi) is 259. The number of rotatable bonds is 10. The highest BCUT2D eigenvalue weighted by Gasteiger charge is 1.95. The number of hydrogen-bond acceptors (Lipinski definition) is 2. The third kappa shape index (κ3) is 79.8. The average molecular weight is 449 g/mol. The first-order chi connectivity index (χ1) is 9.69. The Morgan fingerprint density at radius 1 is 0.367 bits per heavy atom. The van der Waals surface area contributed by atoms with E-state index in [1.165, 1.54) is 65.0 Å². The molecule has 0 aromatic heterocycles. The Hall–Kier alpha value is -0.0800. The van der Waals surface area contributed by atoms with E-state index in [4.69, 9.17) is 0 Å². The quantitative estimate of drug-likeness (QED) is 0.327. The standard InChI is InChI=1S/2C8H19N.C2H6.10CH4/c2*1-4-7-8-9(5-2)6-3;1-2;;;;;;;;;;/h2*4-8H2,1-3H3;1-2H3;10*1H4. The summed E-state index contributed by atoms with van der Waals surface area (Å²) in [4.78, 5) is 4.92. The van der Waals surface area contributed by atoms with Crippen molar-refractivity contribution in [1.29, 1.82) is 0 Å². The molecule has 0 spiro atoms. The van der Waals surface area contributed by atoms with Gasteiger partial charge in [0.25, 0.3) is 0 Å². The molecule has 2 heteroatoms. The van der Waals surface area contributed by atoms with E-state index >= 15 is 0 Å². The van der Waals surface area contributed by atoms with E-state index in [0.717, 1.165) is 0 Å². The first kappa shape index (κ1) is 87.4. The van der Waals surface area contributed by atoms with Crippen molar-refractivity contribution >= 4 is 0 Å². The predicted octanol–water partition coefficient (Wildman–Crippen LogP) is 11.6. The molecule has 0 aromatic rings. The van der Waals surface area contributed by atoms with Crippen LogP contribution >= 0.6 is 0 Å². The molecule has 0 rings (SSSR count). The van der Waals surface area contributed by atoms with Crippen molar-refractivity contribution in [2.24, 2.45) is 0 Å². The van der Waals surface area contributed by atoms with Crippen LogP contribution in [0.15, 0.2) is 0 Å². The molecule has 0 N–H and O–H groups in total. The largest absolute Gasteiger partial charge is 0.304 e. The molecule has 0 aliphatic rings. The average Bonchev–Trinajstić information content (AvgIpc) is 2.52. The molecule has 0 fully saturated rings. The molecule has 30 heavy (non-hydrogen) atoms. The molecule has 206 valence electrons. The molecule has 0 saturated carbocycles. The molecular weight excluding hydrogens is 364 g/mol. The lowest BCUT2D eigenvalue weighted by molar-refractivity contribution is 0.299. The maximum atomic E-state index is 2.46. The highest BCUT2D eigenvalue weighted by Crippen LogP contribution is 1.93. The lowest BCUT2D eigenvalue weighted by Crippen LogP contribution is -2.23. The monoisotopic (exact) mass is 449 g/mol. The molecule has 0 saturated heterocycles. The van der Waals surface area contributed by atoms with Crippen molar-refractivity contribution in [3.63, 3.8) is 0 Å². The Labute approximate surface area is 204 Å². The van der Waals surface area contributed by atoms with Crippen LogP contribution in [-0.2, 0) is 0 Å². The van der Waals surface area contributed by atoms with Crippen LogP contribution < -0.4 is 0 Å².